The van der Waals surface area contributed by atoms with Crippen LogP contribution in [0.15, 0.2) is 53.5 Å². The molecule has 0 spiro atoms. The van der Waals surface area contributed by atoms with Crippen LogP contribution >= 0.6 is 0 Å². The Bertz CT molecular complexity index is 811. The van der Waals surface area contributed by atoms with Crippen LogP contribution < -0.4 is 5.32 Å². The molecule has 0 fully saturated rings. The fraction of sp³-hybridized carbons (Fsp3) is 0.364. The number of carbonyl (C=O) groups excluding carboxylic acids is 1. The quantitative estimate of drug-likeness (QED) is 0.650. The van der Waals surface area contributed by atoms with E-state index in [9.17, 15) is 4.79 Å². The number of aryl methyl sites for hydroxylation is 2. The Morgan fingerprint density at radius 2 is 2.00 bits per heavy atom. The van der Waals surface area contributed by atoms with Gasteiger partial charge in [0.25, 0.3) is 11.9 Å². The van der Waals surface area contributed by atoms with Gasteiger partial charge in [-0.3, -0.25) is 10.1 Å². The van der Waals surface area contributed by atoms with Gasteiger partial charge in [-0.2, -0.15) is 0 Å². The molecule has 2 aromatic carbocycles. The van der Waals surface area contributed by atoms with E-state index in [2.05, 4.69) is 23.5 Å². The first-order chi connectivity index (χ1) is 12.5. The third kappa shape index (κ3) is 4.51. The molecule has 1 amide bonds. The van der Waals surface area contributed by atoms with Crippen molar-refractivity contribution in [2.24, 2.45) is 4.99 Å². The van der Waals surface area contributed by atoms with Gasteiger partial charge in [-0.15, -0.1) is 0 Å². The number of nitrogens with zero attached hydrogens (tertiary/aromatic N) is 1. The maximum Gasteiger partial charge on any atom is 0.292 e. The minimum atomic E-state index is -0.197. The summed E-state index contributed by atoms with van der Waals surface area (Å²) in [6.45, 7) is 5.83. The van der Waals surface area contributed by atoms with E-state index >= 15 is 0 Å². The van der Waals surface area contributed by atoms with Gasteiger partial charge in [-0.05, 0) is 63.3 Å². The molecule has 0 saturated heterocycles. The summed E-state index contributed by atoms with van der Waals surface area (Å²) in [6.07, 6.45) is 3.07. The molecule has 1 N–H and O–H groups in total. The maximum absolute atomic E-state index is 12.6. The van der Waals surface area contributed by atoms with E-state index in [4.69, 9.17) is 9.73 Å². The molecule has 0 aromatic heterocycles. The third-order valence-electron chi connectivity index (χ3n) is 4.46. The van der Waals surface area contributed by atoms with Gasteiger partial charge in [0.2, 0.25) is 0 Å². The smallest absolute Gasteiger partial charge is 0.292 e. The molecule has 26 heavy (non-hydrogen) atoms. The average Bonchev–Trinajstić information content (AvgIpc) is 2.61. The number of ether oxygens (including phenoxy) is 1. The van der Waals surface area contributed by atoms with Crippen molar-refractivity contribution in [3.63, 3.8) is 0 Å². The Morgan fingerprint density at radius 3 is 2.77 bits per heavy atom. The Balaban J connectivity index is 1.84. The van der Waals surface area contributed by atoms with Crippen molar-refractivity contribution in [2.75, 3.05) is 0 Å². The number of amidine groups is 1. The molecule has 3 rings (SSSR count). The summed E-state index contributed by atoms with van der Waals surface area (Å²) in [5.41, 5.74) is 4.21. The number of amides is 1. The van der Waals surface area contributed by atoms with Gasteiger partial charge in [0, 0.05) is 5.56 Å². The second-order valence-corrected chi connectivity index (χ2v) is 7.03. The van der Waals surface area contributed by atoms with Crippen LogP contribution in [0, 0.1) is 6.92 Å². The summed E-state index contributed by atoms with van der Waals surface area (Å²) >= 11 is 0. The van der Waals surface area contributed by atoms with Gasteiger partial charge in [-0.25, -0.2) is 4.99 Å². The monoisotopic (exact) mass is 350 g/mol. The van der Waals surface area contributed by atoms with Crippen molar-refractivity contribution < 1.29 is 9.53 Å². The Labute approximate surface area is 155 Å². The van der Waals surface area contributed by atoms with E-state index < -0.39 is 0 Å². The second-order valence-electron chi connectivity index (χ2n) is 7.03. The second kappa shape index (κ2) is 8.17. The maximum atomic E-state index is 12.6. The van der Waals surface area contributed by atoms with E-state index in [0.29, 0.717) is 11.6 Å². The van der Waals surface area contributed by atoms with Gasteiger partial charge < -0.3 is 4.74 Å². The van der Waals surface area contributed by atoms with Crippen molar-refractivity contribution in [3.05, 3.63) is 70.8 Å². The lowest BCUT2D eigenvalue weighted by atomic mass is 9.88. The summed E-state index contributed by atoms with van der Waals surface area (Å²) in [5, 5.41) is 2.86. The zero-order chi connectivity index (χ0) is 18.5. The standard InChI is InChI=1S/C22H26N2O2/c1-15(2)26-22(24-21(25)18-11-6-8-16(3)14-18)23-20-13-7-10-17-9-4-5-12-19(17)20/h4-6,8-9,11-12,14-15,20H,7,10,13H2,1-3H3,(H,23,24,25). The first kappa shape index (κ1) is 18.2. The number of fused-ring (bicyclic) bond motifs is 1. The molecule has 0 aliphatic heterocycles. The predicted octanol–water partition coefficient (Wildman–Crippen LogP) is 4.58. The number of hydrogen-bond acceptors (Lipinski definition) is 3. The van der Waals surface area contributed by atoms with Gasteiger partial charge >= 0.3 is 0 Å². The van der Waals surface area contributed by atoms with Crippen LogP contribution in [0.2, 0.25) is 0 Å². The van der Waals surface area contributed by atoms with Crippen LogP contribution in [0.5, 0.6) is 0 Å². The van der Waals surface area contributed by atoms with E-state index in [0.717, 1.165) is 24.8 Å². The van der Waals surface area contributed by atoms with E-state index in [-0.39, 0.29) is 18.1 Å². The summed E-state index contributed by atoms with van der Waals surface area (Å²) in [6, 6.07) is 16.2. The highest BCUT2D eigenvalue weighted by molar-refractivity contribution is 6.04. The molecule has 0 saturated carbocycles. The molecule has 1 aliphatic carbocycles. The van der Waals surface area contributed by atoms with Gasteiger partial charge in [0.15, 0.2) is 0 Å². The molecule has 1 unspecified atom stereocenters. The molecule has 0 radical (unpaired) electrons. The van der Waals surface area contributed by atoms with Crippen LogP contribution in [-0.2, 0) is 11.2 Å². The minimum Gasteiger partial charge on any atom is -0.462 e. The molecular weight excluding hydrogens is 324 g/mol. The number of hydrogen-bond donors (Lipinski definition) is 1. The van der Waals surface area contributed by atoms with Crippen LogP contribution in [0.1, 0.15) is 59.8 Å². The molecule has 136 valence electrons. The number of nitrogens with one attached hydrogen (secondary N) is 1. The SMILES string of the molecule is Cc1cccc(C(=O)NC(=NC2CCCc3ccccc32)OC(C)C)c1. The highest BCUT2D eigenvalue weighted by Crippen LogP contribution is 2.32. The van der Waals surface area contributed by atoms with Crippen molar-refractivity contribution in [2.45, 2.75) is 52.2 Å². The largest absolute Gasteiger partial charge is 0.462 e. The number of aliphatic imine (C=N–C) groups is 1. The molecule has 1 aliphatic rings. The summed E-state index contributed by atoms with van der Waals surface area (Å²) < 4.78 is 5.81. The molecule has 0 heterocycles. The fourth-order valence-corrected chi connectivity index (χ4v) is 3.27. The number of benzene rings is 2. The first-order valence-corrected chi connectivity index (χ1v) is 9.23. The highest BCUT2D eigenvalue weighted by atomic mass is 16.5. The lowest BCUT2D eigenvalue weighted by Gasteiger charge is -2.23. The van der Waals surface area contributed by atoms with Gasteiger partial charge in [0.05, 0.1) is 12.1 Å². The Kier molecular flexibility index (Phi) is 5.71. The predicted molar refractivity (Wildman–Crippen MR) is 104 cm³/mol. The van der Waals surface area contributed by atoms with Crippen molar-refractivity contribution in [1.29, 1.82) is 0 Å². The Hall–Kier alpha value is -2.62. The summed E-state index contributed by atoms with van der Waals surface area (Å²) in [5.74, 6) is -0.197. The van der Waals surface area contributed by atoms with Crippen LogP contribution in [0.25, 0.3) is 0 Å². The zero-order valence-electron chi connectivity index (χ0n) is 15.7. The van der Waals surface area contributed by atoms with Crippen molar-refractivity contribution in [1.82, 2.24) is 5.32 Å². The lowest BCUT2D eigenvalue weighted by Crippen LogP contribution is -2.35. The topological polar surface area (TPSA) is 50.7 Å². The molecule has 2 aromatic rings. The minimum absolute atomic E-state index is 0.0199. The summed E-state index contributed by atoms with van der Waals surface area (Å²) in [7, 11) is 0. The number of carbonyl (C=O) groups is 1. The highest BCUT2D eigenvalue weighted by Gasteiger charge is 2.21. The molecule has 4 nitrogen and oxygen atoms in total. The molecule has 0 bridgehead atoms. The Morgan fingerprint density at radius 1 is 1.19 bits per heavy atom. The molecular formula is C22H26N2O2. The lowest BCUT2D eigenvalue weighted by molar-refractivity contribution is 0.0959. The van der Waals surface area contributed by atoms with Crippen molar-refractivity contribution in [3.8, 4) is 0 Å². The third-order valence-corrected chi connectivity index (χ3v) is 4.46. The van der Waals surface area contributed by atoms with Crippen molar-refractivity contribution >= 4 is 11.9 Å². The average molecular weight is 350 g/mol. The zero-order valence-corrected chi connectivity index (χ0v) is 15.7. The van der Waals surface area contributed by atoms with Gasteiger partial charge in [0.1, 0.15) is 0 Å². The summed E-state index contributed by atoms with van der Waals surface area (Å²) in [4.78, 5) is 17.4. The van der Waals surface area contributed by atoms with E-state index in [1.54, 1.807) is 6.07 Å². The van der Waals surface area contributed by atoms with E-state index in [1.807, 2.05) is 45.0 Å². The van der Waals surface area contributed by atoms with E-state index in [1.165, 1.54) is 11.1 Å². The van der Waals surface area contributed by atoms with Crippen LogP contribution in [-0.4, -0.2) is 18.0 Å². The molecule has 1 atom stereocenters. The first-order valence-electron chi connectivity index (χ1n) is 9.23. The van der Waals surface area contributed by atoms with Gasteiger partial charge in [-0.1, -0.05) is 42.0 Å². The fourth-order valence-electron chi connectivity index (χ4n) is 3.27. The number of rotatable bonds is 3. The molecule has 4 heteroatoms. The van der Waals surface area contributed by atoms with Crippen LogP contribution in [0.4, 0.5) is 0 Å². The normalized spacial score (nSPS) is 16.9. The van der Waals surface area contributed by atoms with Crippen LogP contribution in [0.3, 0.4) is 0 Å².